The lowest BCUT2D eigenvalue weighted by Crippen LogP contribution is -2.03. The summed E-state index contributed by atoms with van der Waals surface area (Å²) in [6.07, 6.45) is 0. The van der Waals surface area contributed by atoms with Crippen molar-refractivity contribution in [2.75, 3.05) is 5.32 Å². The number of aryl methyl sites for hydroxylation is 1. The van der Waals surface area contributed by atoms with Crippen molar-refractivity contribution >= 4 is 27.3 Å². The topological polar surface area (TPSA) is 96.6 Å². The predicted molar refractivity (Wildman–Crippen MR) is 114 cm³/mol. The normalized spacial score (nSPS) is 11.0. The summed E-state index contributed by atoms with van der Waals surface area (Å²) >= 11 is 0. The zero-order chi connectivity index (χ0) is 21.0. The van der Waals surface area contributed by atoms with Gasteiger partial charge in [-0.3, -0.25) is 4.55 Å². The second kappa shape index (κ2) is 8.42. The maximum absolute atomic E-state index is 11.2. The first-order chi connectivity index (χ1) is 13.9. The monoisotopic (exact) mass is 410 g/mol. The van der Waals surface area contributed by atoms with Crippen LogP contribution in [-0.4, -0.2) is 27.6 Å². The highest BCUT2D eigenvalue weighted by atomic mass is 32.2. The number of fused-ring (bicyclic) bond motifs is 1. The predicted octanol–water partition coefficient (Wildman–Crippen LogP) is 4.72. The third-order valence-corrected chi connectivity index (χ3v) is 4.91. The van der Waals surface area contributed by atoms with Crippen LogP contribution in [-0.2, 0) is 10.1 Å². The second-order valence-electron chi connectivity index (χ2n) is 6.07. The highest BCUT2D eigenvalue weighted by Gasteiger charge is 2.12. The molecule has 0 atom stereocenters. The minimum absolute atomic E-state index is 0.159. The van der Waals surface area contributed by atoms with Crippen LogP contribution in [0.5, 0.6) is 0 Å². The van der Waals surface area contributed by atoms with Crippen LogP contribution in [0.4, 0.5) is 11.5 Å². The first kappa shape index (κ1) is 20.5. The summed E-state index contributed by atoms with van der Waals surface area (Å²) in [5.41, 5.74) is 3.95. The molecule has 0 radical (unpaired) electrons. The molecule has 4 rings (SSSR count). The highest BCUT2D eigenvalue weighted by Crippen LogP contribution is 2.25. The SMILES string of the molecule is CC.Cc1cc2nc(-c3ccccc3)cc(Nc3ccc(S(=O)(=O)O)cc3)n2n1. The van der Waals surface area contributed by atoms with Crippen molar-refractivity contribution in [1.29, 1.82) is 0 Å². The molecular formula is C21H22N4O3S. The van der Waals surface area contributed by atoms with Gasteiger partial charge in [0.1, 0.15) is 5.82 Å². The summed E-state index contributed by atoms with van der Waals surface area (Å²) in [5.74, 6) is 0.687. The Morgan fingerprint density at radius 2 is 1.62 bits per heavy atom. The fourth-order valence-corrected chi connectivity index (χ4v) is 3.27. The summed E-state index contributed by atoms with van der Waals surface area (Å²) in [4.78, 5) is 4.50. The van der Waals surface area contributed by atoms with Crippen molar-refractivity contribution in [1.82, 2.24) is 14.6 Å². The van der Waals surface area contributed by atoms with Crippen molar-refractivity contribution in [3.63, 3.8) is 0 Å². The van der Waals surface area contributed by atoms with Gasteiger partial charge in [0.2, 0.25) is 0 Å². The average molecular weight is 410 g/mol. The number of hydrogen-bond acceptors (Lipinski definition) is 5. The van der Waals surface area contributed by atoms with Crippen LogP contribution in [0.3, 0.4) is 0 Å². The Balaban J connectivity index is 0.00000117. The minimum atomic E-state index is -4.22. The van der Waals surface area contributed by atoms with Crippen LogP contribution < -0.4 is 5.32 Å². The van der Waals surface area contributed by atoms with E-state index in [0.29, 0.717) is 17.2 Å². The molecule has 0 saturated heterocycles. The fourth-order valence-electron chi connectivity index (χ4n) is 2.79. The van der Waals surface area contributed by atoms with E-state index in [0.717, 1.165) is 17.0 Å². The summed E-state index contributed by atoms with van der Waals surface area (Å²) in [6, 6.07) is 19.4. The quantitative estimate of drug-likeness (QED) is 0.473. The number of rotatable bonds is 4. The molecule has 2 aromatic carbocycles. The van der Waals surface area contributed by atoms with Crippen molar-refractivity contribution < 1.29 is 13.0 Å². The van der Waals surface area contributed by atoms with Crippen LogP contribution in [0.1, 0.15) is 19.5 Å². The molecule has 7 nitrogen and oxygen atoms in total. The molecule has 0 bridgehead atoms. The Labute approximate surface area is 169 Å². The third-order valence-electron chi connectivity index (χ3n) is 4.04. The summed E-state index contributed by atoms with van der Waals surface area (Å²) < 4.78 is 33.2. The Hall–Kier alpha value is -3.23. The van der Waals surface area contributed by atoms with E-state index in [2.05, 4.69) is 15.4 Å². The van der Waals surface area contributed by atoms with Gasteiger partial charge in [-0.2, -0.15) is 18.0 Å². The molecule has 0 aliphatic carbocycles. The van der Waals surface area contributed by atoms with E-state index in [4.69, 9.17) is 4.55 Å². The fraction of sp³-hybridized carbons (Fsp3) is 0.143. The number of aromatic nitrogens is 3. The maximum Gasteiger partial charge on any atom is 0.294 e. The molecule has 0 spiro atoms. The van der Waals surface area contributed by atoms with Crippen LogP contribution in [0.15, 0.2) is 71.6 Å². The molecule has 8 heteroatoms. The van der Waals surface area contributed by atoms with Gasteiger partial charge in [-0.25, -0.2) is 4.98 Å². The first-order valence-corrected chi connectivity index (χ1v) is 10.6. The van der Waals surface area contributed by atoms with Crippen LogP contribution in [0, 0.1) is 6.92 Å². The van der Waals surface area contributed by atoms with Crippen LogP contribution >= 0.6 is 0 Å². The van der Waals surface area contributed by atoms with E-state index in [-0.39, 0.29) is 4.90 Å². The molecule has 0 fully saturated rings. The molecule has 4 aromatic rings. The molecule has 150 valence electrons. The molecule has 0 unspecified atom stereocenters. The summed E-state index contributed by atoms with van der Waals surface area (Å²) in [7, 11) is -4.22. The summed E-state index contributed by atoms with van der Waals surface area (Å²) in [6.45, 7) is 5.89. The van der Waals surface area contributed by atoms with E-state index in [1.165, 1.54) is 12.1 Å². The van der Waals surface area contributed by atoms with Crippen molar-refractivity contribution in [3.05, 3.63) is 72.4 Å². The lowest BCUT2D eigenvalue weighted by molar-refractivity contribution is 0.483. The van der Waals surface area contributed by atoms with Gasteiger partial charge in [-0.05, 0) is 31.2 Å². The number of benzene rings is 2. The number of nitrogens with zero attached hydrogens (tertiary/aromatic N) is 3. The second-order valence-corrected chi connectivity index (χ2v) is 7.49. The molecular weight excluding hydrogens is 388 g/mol. The third kappa shape index (κ3) is 4.61. The number of hydrogen-bond donors (Lipinski definition) is 2. The average Bonchev–Trinajstić information content (AvgIpc) is 3.10. The van der Waals surface area contributed by atoms with Crippen LogP contribution in [0.25, 0.3) is 16.9 Å². The van der Waals surface area contributed by atoms with Gasteiger partial charge in [-0.1, -0.05) is 44.2 Å². The zero-order valence-corrected chi connectivity index (χ0v) is 17.2. The first-order valence-electron chi connectivity index (χ1n) is 9.17. The standard InChI is InChI=1S/C19H16N4O3S.C2H6/c1-13-11-18-21-17(14-5-3-2-4-6-14)12-19(23(18)22-13)20-15-7-9-16(10-8-15)27(24,25)26;1-2/h2-12,20H,1H3,(H,24,25,26);1-2H3. The van der Waals surface area contributed by atoms with Gasteiger partial charge >= 0.3 is 0 Å². The van der Waals surface area contributed by atoms with Crippen molar-refractivity contribution in [2.45, 2.75) is 25.7 Å². The van der Waals surface area contributed by atoms with E-state index in [9.17, 15) is 8.42 Å². The van der Waals surface area contributed by atoms with Gasteiger partial charge < -0.3 is 5.32 Å². The van der Waals surface area contributed by atoms with Gasteiger partial charge in [0, 0.05) is 23.4 Å². The minimum Gasteiger partial charge on any atom is -0.340 e. The smallest absolute Gasteiger partial charge is 0.294 e. The zero-order valence-electron chi connectivity index (χ0n) is 16.4. The maximum atomic E-state index is 11.2. The number of nitrogens with one attached hydrogen (secondary N) is 1. The van der Waals surface area contributed by atoms with Gasteiger partial charge in [0.15, 0.2) is 5.65 Å². The molecule has 0 saturated carbocycles. The van der Waals surface area contributed by atoms with Crippen molar-refractivity contribution in [3.8, 4) is 11.3 Å². The lowest BCUT2D eigenvalue weighted by atomic mass is 10.1. The molecule has 0 aliphatic heterocycles. The number of anilines is 2. The Morgan fingerprint density at radius 3 is 2.24 bits per heavy atom. The highest BCUT2D eigenvalue weighted by molar-refractivity contribution is 7.85. The largest absolute Gasteiger partial charge is 0.340 e. The van der Waals surface area contributed by atoms with Gasteiger partial charge in [0.25, 0.3) is 10.1 Å². The molecule has 29 heavy (non-hydrogen) atoms. The molecule has 2 aromatic heterocycles. The Bertz CT molecular complexity index is 1220. The van der Waals surface area contributed by atoms with Crippen molar-refractivity contribution in [2.24, 2.45) is 0 Å². The molecule has 0 aliphatic rings. The Morgan fingerprint density at radius 1 is 0.966 bits per heavy atom. The lowest BCUT2D eigenvalue weighted by Gasteiger charge is -2.11. The van der Waals surface area contributed by atoms with E-state index in [1.807, 2.05) is 63.2 Å². The Kier molecular flexibility index (Phi) is 5.95. The molecule has 2 N–H and O–H groups in total. The molecule has 2 heterocycles. The van der Waals surface area contributed by atoms with Gasteiger partial charge in [0.05, 0.1) is 16.3 Å². The van der Waals surface area contributed by atoms with Gasteiger partial charge in [-0.15, -0.1) is 0 Å². The molecule has 0 amide bonds. The summed E-state index contributed by atoms with van der Waals surface area (Å²) in [5, 5.41) is 7.69. The van der Waals surface area contributed by atoms with E-state index < -0.39 is 10.1 Å². The van der Waals surface area contributed by atoms with Crippen LogP contribution in [0.2, 0.25) is 0 Å². The van der Waals surface area contributed by atoms with E-state index >= 15 is 0 Å². The van der Waals surface area contributed by atoms with E-state index in [1.54, 1.807) is 16.6 Å².